The Balaban J connectivity index is 1.84. The van der Waals surface area contributed by atoms with E-state index < -0.39 is 12.0 Å². The van der Waals surface area contributed by atoms with Gasteiger partial charge in [0.1, 0.15) is 5.75 Å². The number of halogens is 2. The van der Waals surface area contributed by atoms with E-state index in [1.807, 2.05) is 6.92 Å². The van der Waals surface area contributed by atoms with Crippen LogP contribution in [0.4, 0.5) is 8.78 Å². The van der Waals surface area contributed by atoms with Gasteiger partial charge in [-0.15, -0.1) is 0 Å². The van der Waals surface area contributed by atoms with Crippen molar-refractivity contribution in [3.63, 3.8) is 0 Å². The van der Waals surface area contributed by atoms with Crippen LogP contribution in [0.5, 0.6) is 5.75 Å². The molecule has 1 aliphatic rings. The molecule has 0 radical (unpaired) electrons. The number of unbranched alkanes of at least 4 members (excludes halogenated alkanes) is 6. The van der Waals surface area contributed by atoms with E-state index in [0.29, 0.717) is 17.7 Å². The lowest BCUT2D eigenvalue weighted by Crippen LogP contribution is -2.42. The topological polar surface area (TPSA) is 26.3 Å². The first-order chi connectivity index (χ1) is 11.4. The number of carbonyl (C=O) groups is 1. The lowest BCUT2D eigenvalue weighted by atomic mass is 9.93. The largest absolute Gasteiger partial charge is 0.483 e. The van der Waals surface area contributed by atoms with Gasteiger partial charge in [0.05, 0.1) is 12.0 Å². The number of ether oxygens (including phenoxy) is 1. The third-order valence-electron chi connectivity index (χ3n) is 4.66. The van der Waals surface area contributed by atoms with Crippen molar-refractivity contribution in [2.45, 2.75) is 83.7 Å². The van der Waals surface area contributed by atoms with E-state index in [0.717, 1.165) is 24.8 Å². The lowest BCUT2D eigenvalue weighted by Gasteiger charge is -2.31. The normalized spacial score (nSPS) is 17.5. The molecule has 2 rings (SSSR count). The van der Waals surface area contributed by atoms with Crippen LogP contribution in [0.2, 0.25) is 0 Å². The van der Waals surface area contributed by atoms with Crippen LogP contribution in [-0.2, 0) is 0 Å². The maximum atomic E-state index is 14.4. The smallest absolute Gasteiger partial charge is 0.284 e. The number of aryl methyl sites for hydroxylation is 1. The standard InChI is InChI=1S/C20H28F2O2/c1-3-4-5-6-7-8-9-12-20(21,22)19-14-17(23)16-13-15(2)10-11-18(16)24-19/h10-11,13,19H,3-9,12,14H2,1-2H3. The van der Waals surface area contributed by atoms with Gasteiger partial charge in [-0.05, 0) is 25.5 Å². The predicted octanol–water partition coefficient (Wildman–Crippen LogP) is 6.10. The third-order valence-corrected chi connectivity index (χ3v) is 4.66. The van der Waals surface area contributed by atoms with Gasteiger partial charge in [0, 0.05) is 6.42 Å². The highest BCUT2D eigenvalue weighted by Gasteiger charge is 2.44. The SMILES string of the molecule is CCCCCCCCCC(F)(F)C1CC(=O)c2cc(C)ccc2O1. The van der Waals surface area contributed by atoms with Crippen LogP contribution >= 0.6 is 0 Å². The summed E-state index contributed by atoms with van der Waals surface area (Å²) in [6.07, 6.45) is 5.22. The summed E-state index contributed by atoms with van der Waals surface area (Å²) >= 11 is 0. The first-order valence-corrected chi connectivity index (χ1v) is 9.12. The van der Waals surface area contributed by atoms with Gasteiger partial charge in [-0.2, -0.15) is 0 Å². The second kappa shape index (κ2) is 8.59. The minimum atomic E-state index is -2.96. The van der Waals surface area contributed by atoms with Crippen molar-refractivity contribution in [1.29, 1.82) is 0 Å². The van der Waals surface area contributed by atoms with Crippen molar-refractivity contribution in [3.8, 4) is 5.75 Å². The summed E-state index contributed by atoms with van der Waals surface area (Å²) in [5.41, 5.74) is 1.36. The summed E-state index contributed by atoms with van der Waals surface area (Å²) in [6.45, 7) is 4.03. The number of benzene rings is 1. The van der Waals surface area contributed by atoms with Gasteiger partial charge < -0.3 is 4.74 Å². The zero-order valence-electron chi connectivity index (χ0n) is 14.7. The molecule has 0 aromatic heterocycles. The second-order valence-corrected chi connectivity index (χ2v) is 6.87. The zero-order chi connectivity index (χ0) is 17.6. The van der Waals surface area contributed by atoms with E-state index in [2.05, 4.69) is 6.92 Å². The number of rotatable bonds is 9. The summed E-state index contributed by atoms with van der Waals surface area (Å²) in [6, 6.07) is 5.11. The lowest BCUT2D eigenvalue weighted by molar-refractivity contribution is -0.104. The van der Waals surface area contributed by atoms with E-state index >= 15 is 0 Å². The highest BCUT2D eigenvalue weighted by Crippen LogP contribution is 2.37. The summed E-state index contributed by atoms with van der Waals surface area (Å²) in [5, 5.41) is 0. The van der Waals surface area contributed by atoms with E-state index in [-0.39, 0.29) is 18.6 Å². The second-order valence-electron chi connectivity index (χ2n) is 6.87. The van der Waals surface area contributed by atoms with Crippen molar-refractivity contribution < 1.29 is 18.3 Å². The number of Topliss-reactive ketones (excluding diaryl/α,β-unsaturated/α-hetero) is 1. The highest BCUT2D eigenvalue weighted by atomic mass is 19.3. The Labute approximate surface area is 143 Å². The Morgan fingerprint density at radius 3 is 2.50 bits per heavy atom. The van der Waals surface area contributed by atoms with Crippen molar-refractivity contribution >= 4 is 5.78 Å². The fourth-order valence-electron chi connectivity index (χ4n) is 3.15. The van der Waals surface area contributed by atoms with Gasteiger partial charge in [0.25, 0.3) is 5.92 Å². The zero-order valence-corrected chi connectivity index (χ0v) is 14.7. The first-order valence-electron chi connectivity index (χ1n) is 9.12. The molecule has 1 aliphatic heterocycles. The molecular weight excluding hydrogens is 310 g/mol. The average molecular weight is 338 g/mol. The van der Waals surface area contributed by atoms with Crippen molar-refractivity contribution in [2.75, 3.05) is 0 Å². The number of hydrogen-bond donors (Lipinski definition) is 0. The number of hydrogen-bond acceptors (Lipinski definition) is 2. The Hall–Kier alpha value is -1.45. The monoisotopic (exact) mass is 338 g/mol. The van der Waals surface area contributed by atoms with Crippen molar-refractivity contribution in [2.24, 2.45) is 0 Å². The molecule has 0 fully saturated rings. The Bertz CT molecular complexity index is 555. The highest BCUT2D eigenvalue weighted by molar-refractivity contribution is 6.00. The molecule has 1 atom stereocenters. The van der Waals surface area contributed by atoms with Gasteiger partial charge in [0.2, 0.25) is 0 Å². The van der Waals surface area contributed by atoms with Crippen LogP contribution in [0.25, 0.3) is 0 Å². The quantitative estimate of drug-likeness (QED) is 0.508. The Kier molecular flexibility index (Phi) is 6.76. The van der Waals surface area contributed by atoms with Crippen LogP contribution in [0.1, 0.15) is 80.6 Å². The molecule has 0 N–H and O–H groups in total. The minimum absolute atomic E-state index is 0.208. The van der Waals surface area contributed by atoms with Crippen LogP contribution in [0.15, 0.2) is 18.2 Å². The maximum absolute atomic E-state index is 14.4. The molecule has 2 nitrogen and oxygen atoms in total. The van der Waals surface area contributed by atoms with Crippen molar-refractivity contribution in [1.82, 2.24) is 0 Å². The Morgan fingerprint density at radius 1 is 1.12 bits per heavy atom. The van der Waals surface area contributed by atoms with E-state index in [4.69, 9.17) is 4.74 Å². The number of carbonyl (C=O) groups excluding carboxylic acids is 1. The molecule has 1 heterocycles. The van der Waals surface area contributed by atoms with Gasteiger partial charge >= 0.3 is 0 Å². The predicted molar refractivity (Wildman–Crippen MR) is 92.1 cm³/mol. The maximum Gasteiger partial charge on any atom is 0.284 e. The third kappa shape index (κ3) is 5.02. The van der Waals surface area contributed by atoms with Crippen LogP contribution in [0.3, 0.4) is 0 Å². The molecule has 134 valence electrons. The minimum Gasteiger partial charge on any atom is -0.483 e. The van der Waals surface area contributed by atoms with Gasteiger partial charge in [-0.25, -0.2) is 8.78 Å². The molecule has 1 aromatic carbocycles. The van der Waals surface area contributed by atoms with Gasteiger partial charge in [-0.3, -0.25) is 4.79 Å². The van der Waals surface area contributed by atoms with E-state index in [9.17, 15) is 13.6 Å². The fourth-order valence-corrected chi connectivity index (χ4v) is 3.15. The van der Waals surface area contributed by atoms with Crippen molar-refractivity contribution in [3.05, 3.63) is 29.3 Å². The molecule has 0 saturated carbocycles. The molecule has 0 amide bonds. The number of alkyl halides is 2. The van der Waals surface area contributed by atoms with Crippen LogP contribution in [0, 0.1) is 6.92 Å². The van der Waals surface area contributed by atoms with Crippen LogP contribution < -0.4 is 4.74 Å². The molecule has 0 spiro atoms. The molecule has 1 unspecified atom stereocenters. The molecular formula is C20H28F2O2. The number of ketones is 1. The first kappa shape index (κ1) is 18.9. The van der Waals surface area contributed by atoms with Crippen LogP contribution in [-0.4, -0.2) is 17.8 Å². The summed E-state index contributed by atoms with van der Waals surface area (Å²) < 4.78 is 34.3. The summed E-state index contributed by atoms with van der Waals surface area (Å²) in [5.74, 6) is -2.91. The van der Waals surface area contributed by atoms with Gasteiger partial charge in [0.15, 0.2) is 11.9 Å². The van der Waals surface area contributed by atoms with Gasteiger partial charge in [-0.1, -0.05) is 57.1 Å². The van der Waals surface area contributed by atoms with E-state index in [1.54, 1.807) is 18.2 Å². The fraction of sp³-hybridized carbons (Fsp3) is 0.650. The summed E-state index contributed by atoms with van der Waals surface area (Å²) in [7, 11) is 0. The molecule has 0 saturated heterocycles. The average Bonchev–Trinajstić information content (AvgIpc) is 2.54. The molecule has 4 heteroatoms. The molecule has 1 aromatic rings. The number of fused-ring (bicyclic) bond motifs is 1. The molecule has 0 aliphatic carbocycles. The Morgan fingerprint density at radius 2 is 1.79 bits per heavy atom. The molecule has 24 heavy (non-hydrogen) atoms. The summed E-state index contributed by atoms with van der Waals surface area (Å²) in [4.78, 5) is 12.2. The molecule has 0 bridgehead atoms. The van der Waals surface area contributed by atoms with E-state index in [1.165, 1.54) is 19.3 Å².